The number of pyridine rings is 1. The minimum atomic E-state index is -0.572. The number of halogens is 1. The number of methoxy groups -OCH3 is 3. The maximum absolute atomic E-state index is 13.3. The van der Waals surface area contributed by atoms with Crippen molar-refractivity contribution in [3.8, 4) is 28.4 Å². The largest absolute Gasteiger partial charge is 0.493 e. The van der Waals surface area contributed by atoms with Crippen LogP contribution in [0.25, 0.3) is 27.8 Å². The molecule has 0 aliphatic heterocycles. The molecular formula is C26H23ClN6O5. The lowest BCUT2D eigenvalue weighted by molar-refractivity contribution is 0.101. The fourth-order valence-electron chi connectivity index (χ4n) is 4.22. The van der Waals surface area contributed by atoms with E-state index in [9.17, 15) is 9.59 Å². The molecule has 0 spiro atoms. The Hall–Kier alpha value is -4.64. The van der Waals surface area contributed by atoms with E-state index in [-0.39, 0.29) is 11.1 Å². The van der Waals surface area contributed by atoms with Gasteiger partial charge in [0.25, 0.3) is 11.5 Å². The Balaban J connectivity index is 1.56. The molecule has 5 aromatic rings. The molecule has 0 saturated carbocycles. The Kier molecular flexibility index (Phi) is 6.60. The second-order valence-corrected chi connectivity index (χ2v) is 8.63. The molecular weight excluding hydrogens is 512 g/mol. The molecule has 11 nitrogen and oxygen atoms in total. The van der Waals surface area contributed by atoms with Gasteiger partial charge in [-0.15, -0.1) is 10.2 Å². The number of hydrogen-bond acceptors (Lipinski definition) is 8. The summed E-state index contributed by atoms with van der Waals surface area (Å²) in [4.78, 5) is 26.3. The third kappa shape index (κ3) is 4.16. The Morgan fingerprint density at radius 2 is 1.68 bits per heavy atom. The van der Waals surface area contributed by atoms with Gasteiger partial charge in [0.05, 0.1) is 32.6 Å². The number of ether oxygens (including phenoxy) is 3. The van der Waals surface area contributed by atoms with Crippen LogP contribution in [0, 0.1) is 0 Å². The molecule has 12 heteroatoms. The SMILES string of the molecule is CCc1nn2c(nnc3c(=O)n(NC(=O)c4cc(OC)c(OC)c(OC)c4)ccc32)c1-c1ccc(Cl)cc1. The first kappa shape index (κ1) is 25.0. The van der Waals surface area contributed by atoms with Gasteiger partial charge in [0.15, 0.2) is 22.7 Å². The van der Waals surface area contributed by atoms with Gasteiger partial charge in [0.2, 0.25) is 5.75 Å². The van der Waals surface area contributed by atoms with Gasteiger partial charge in [-0.1, -0.05) is 30.7 Å². The maximum Gasteiger partial charge on any atom is 0.299 e. The van der Waals surface area contributed by atoms with Gasteiger partial charge in [-0.3, -0.25) is 15.0 Å². The molecule has 194 valence electrons. The summed E-state index contributed by atoms with van der Waals surface area (Å²) in [5.74, 6) is 0.380. The molecule has 0 atom stereocenters. The standard InChI is InChI=1S/C26H23ClN6O5/c1-5-17-21(14-6-8-16(27)9-7-14)24-29-28-22-18(33(24)30-17)10-11-32(26(22)35)31-25(34)15-12-19(36-2)23(38-4)20(13-15)37-3/h6-13H,5H2,1-4H3,(H,31,34). The number of carbonyl (C=O) groups excluding carboxylic acids is 1. The van der Waals surface area contributed by atoms with Crippen LogP contribution in [0.15, 0.2) is 53.5 Å². The van der Waals surface area contributed by atoms with E-state index >= 15 is 0 Å². The van der Waals surface area contributed by atoms with Gasteiger partial charge in [-0.25, -0.2) is 9.19 Å². The van der Waals surface area contributed by atoms with Gasteiger partial charge in [-0.05, 0) is 42.3 Å². The first-order valence-electron chi connectivity index (χ1n) is 11.6. The van der Waals surface area contributed by atoms with E-state index in [2.05, 4.69) is 15.6 Å². The molecule has 3 heterocycles. The molecule has 38 heavy (non-hydrogen) atoms. The molecule has 0 unspecified atom stereocenters. The zero-order valence-corrected chi connectivity index (χ0v) is 21.7. The Morgan fingerprint density at radius 1 is 1.00 bits per heavy atom. The van der Waals surface area contributed by atoms with Crippen molar-refractivity contribution < 1.29 is 19.0 Å². The first-order chi connectivity index (χ1) is 18.4. The molecule has 0 bridgehead atoms. The van der Waals surface area contributed by atoms with Crippen LogP contribution in [0.3, 0.4) is 0 Å². The van der Waals surface area contributed by atoms with Crippen LogP contribution in [0.1, 0.15) is 23.0 Å². The number of fused-ring (bicyclic) bond motifs is 3. The number of nitrogens with zero attached hydrogens (tertiary/aromatic N) is 5. The van der Waals surface area contributed by atoms with E-state index in [0.717, 1.165) is 21.5 Å². The highest BCUT2D eigenvalue weighted by Gasteiger charge is 2.21. The second kappa shape index (κ2) is 10.0. The van der Waals surface area contributed by atoms with Crippen molar-refractivity contribution in [2.45, 2.75) is 13.3 Å². The number of carbonyl (C=O) groups is 1. The molecule has 0 aliphatic carbocycles. The number of aromatic nitrogens is 5. The van der Waals surface area contributed by atoms with E-state index in [1.807, 2.05) is 19.1 Å². The average molecular weight is 535 g/mol. The van der Waals surface area contributed by atoms with E-state index < -0.39 is 11.5 Å². The normalized spacial score (nSPS) is 11.1. The topological polar surface area (TPSA) is 122 Å². The molecule has 1 N–H and O–H groups in total. The van der Waals surface area contributed by atoms with Crippen molar-refractivity contribution in [2.24, 2.45) is 0 Å². The van der Waals surface area contributed by atoms with Crippen molar-refractivity contribution in [3.05, 3.63) is 75.3 Å². The highest BCUT2D eigenvalue weighted by atomic mass is 35.5. The lowest BCUT2D eigenvalue weighted by atomic mass is 10.0. The van der Waals surface area contributed by atoms with Crippen LogP contribution >= 0.6 is 11.6 Å². The summed E-state index contributed by atoms with van der Waals surface area (Å²) in [6.45, 7) is 1.99. The zero-order chi connectivity index (χ0) is 27.0. The fraction of sp³-hybridized carbons (Fsp3) is 0.192. The van der Waals surface area contributed by atoms with Crippen molar-refractivity contribution in [1.29, 1.82) is 0 Å². The third-order valence-electron chi connectivity index (χ3n) is 6.07. The zero-order valence-electron chi connectivity index (χ0n) is 21.0. The van der Waals surface area contributed by atoms with Crippen LogP contribution in [0.4, 0.5) is 0 Å². The molecule has 0 fully saturated rings. The van der Waals surface area contributed by atoms with Crippen molar-refractivity contribution in [1.82, 2.24) is 24.5 Å². The number of aryl methyl sites for hydroxylation is 1. The van der Waals surface area contributed by atoms with Gasteiger partial charge in [0, 0.05) is 16.8 Å². The minimum Gasteiger partial charge on any atom is -0.493 e. The summed E-state index contributed by atoms with van der Waals surface area (Å²) in [5, 5.41) is 13.8. The number of benzene rings is 2. The van der Waals surface area contributed by atoms with E-state index in [1.165, 1.54) is 39.7 Å². The lowest BCUT2D eigenvalue weighted by Crippen LogP contribution is -2.33. The Morgan fingerprint density at radius 3 is 2.29 bits per heavy atom. The first-order valence-corrected chi connectivity index (χ1v) is 11.9. The molecule has 0 radical (unpaired) electrons. The molecule has 0 saturated heterocycles. The Labute approximate surface area is 221 Å². The summed E-state index contributed by atoms with van der Waals surface area (Å²) in [5.41, 5.74) is 5.70. The average Bonchev–Trinajstić information content (AvgIpc) is 3.33. The molecule has 0 aliphatic rings. The predicted octanol–water partition coefficient (Wildman–Crippen LogP) is 3.73. The molecule has 1 amide bonds. The van der Waals surface area contributed by atoms with Gasteiger partial charge < -0.3 is 14.2 Å². The van der Waals surface area contributed by atoms with Gasteiger partial charge >= 0.3 is 0 Å². The van der Waals surface area contributed by atoms with Crippen LogP contribution in [-0.2, 0) is 6.42 Å². The van der Waals surface area contributed by atoms with Crippen LogP contribution in [-0.4, -0.2) is 51.7 Å². The van der Waals surface area contributed by atoms with Crippen LogP contribution in [0.2, 0.25) is 5.02 Å². The van der Waals surface area contributed by atoms with Gasteiger partial charge in [0.1, 0.15) is 5.52 Å². The van der Waals surface area contributed by atoms with Gasteiger partial charge in [-0.2, -0.15) is 5.10 Å². The molecule has 2 aromatic carbocycles. The lowest BCUT2D eigenvalue weighted by Gasteiger charge is -2.14. The summed E-state index contributed by atoms with van der Waals surface area (Å²) < 4.78 is 18.6. The molecule has 5 rings (SSSR count). The smallest absolute Gasteiger partial charge is 0.299 e. The molecule has 3 aromatic heterocycles. The minimum absolute atomic E-state index is 0.0398. The highest BCUT2D eigenvalue weighted by molar-refractivity contribution is 6.30. The number of amides is 1. The van der Waals surface area contributed by atoms with Crippen molar-refractivity contribution >= 4 is 34.2 Å². The van der Waals surface area contributed by atoms with Crippen LogP contribution in [0.5, 0.6) is 17.2 Å². The third-order valence-corrected chi connectivity index (χ3v) is 6.32. The quantitative estimate of drug-likeness (QED) is 0.335. The Bertz CT molecular complexity index is 1720. The monoisotopic (exact) mass is 534 g/mol. The summed E-state index contributed by atoms with van der Waals surface area (Å²) in [6.07, 6.45) is 2.08. The van der Waals surface area contributed by atoms with Crippen molar-refractivity contribution in [3.63, 3.8) is 0 Å². The fourth-order valence-corrected chi connectivity index (χ4v) is 4.35. The van der Waals surface area contributed by atoms with Crippen molar-refractivity contribution in [2.75, 3.05) is 26.8 Å². The van der Waals surface area contributed by atoms with E-state index in [0.29, 0.717) is 39.9 Å². The van der Waals surface area contributed by atoms with E-state index in [1.54, 1.807) is 22.7 Å². The van der Waals surface area contributed by atoms with Crippen LogP contribution < -0.4 is 25.2 Å². The predicted molar refractivity (Wildman–Crippen MR) is 142 cm³/mol. The second-order valence-electron chi connectivity index (χ2n) is 8.20. The summed E-state index contributed by atoms with van der Waals surface area (Å²) in [7, 11) is 4.36. The summed E-state index contributed by atoms with van der Waals surface area (Å²) in [6, 6.07) is 12.0. The summed E-state index contributed by atoms with van der Waals surface area (Å²) >= 11 is 6.06. The number of rotatable bonds is 7. The van der Waals surface area contributed by atoms with E-state index in [4.69, 9.17) is 30.9 Å². The highest BCUT2D eigenvalue weighted by Crippen LogP contribution is 2.38. The number of hydrogen-bond donors (Lipinski definition) is 1. The number of nitrogens with one attached hydrogen (secondary N) is 1. The maximum atomic E-state index is 13.3.